The fourth-order valence-electron chi connectivity index (χ4n) is 3.06. The Morgan fingerprint density at radius 2 is 1.90 bits per heavy atom. The number of hydrogen-bond acceptors (Lipinski definition) is 4. The SMILES string of the molecule is COC(=O)C(C)(CCOC1CCC(C)(C)CC1)NC(C)C. The number of hydrogen-bond donors (Lipinski definition) is 1. The first kappa shape index (κ1) is 18.4. The van der Waals surface area contributed by atoms with Crippen molar-refractivity contribution in [2.75, 3.05) is 13.7 Å². The lowest BCUT2D eigenvalue weighted by Gasteiger charge is -2.35. The van der Waals surface area contributed by atoms with Gasteiger partial charge in [0.2, 0.25) is 0 Å². The van der Waals surface area contributed by atoms with Crippen molar-refractivity contribution in [2.45, 2.75) is 84.4 Å². The van der Waals surface area contributed by atoms with Crippen LogP contribution in [0, 0.1) is 5.41 Å². The van der Waals surface area contributed by atoms with E-state index in [1.807, 2.05) is 20.8 Å². The molecule has 124 valence electrons. The minimum Gasteiger partial charge on any atom is -0.468 e. The number of esters is 1. The van der Waals surface area contributed by atoms with Gasteiger partial charge in [-0.1, -0.05) is 13.8 Å². The summed E-state index contributed by atoms with van der Waals surface area (Å²) in [5, 5.41) is 3.30. The second kappa shape index (κ2) is 7.59. The van der Waals surface area contributed by atoms with Gasteiger partial charge in [-0.25, -0.2) is 0 Å². The molecule has 0 aromatic rings. The highest BCUT2D eigenvalue weighted by molar-refractivity contribution is 5.80. The molecule has 0 aliphatic heterocycles. The zero-order chi connectivity index (χ0) is 16.1. The Bertz CT molecular complexity index is 331. The van der Waals surface area contributed by atoms with Crippen molar-refractivity contribution in [2.24, 2.45) is 5.41 Å². The summed E-state index contributed by atoms with van der Waals surface area (Å²) < 4.78 is 10.9. The third-order valence-corrected chi connectivity index (χ3v) is 4.48. The van der Waals surface area contributed by atoms with Crippen LogP contribution < -0.4 is 5.32 Å². The van der Waals surface area contributed by atoms with Crippen LogP contribution in [0.2, 0.25) is 0 Å². The predicted octanol–water partition coefficient (Wildman–Crippen LogP) is 3.29. The van der Waals surface area contributed by atoms with Crippen LogP contribution in [0.5, 0.6) is 0 Å². The lowest BCUT2D eigenvalue weighted by Crippen LogP contribution is -2.53. The van der Waals surface area contributed by atoms with Gasteiger partial charge in [0.1, 0.15) is 5.54 Å². The summed E-state index contributed by atoms with van der Waals surface area (Å²) in [4.78, 5) is 12.0. The zero-order valence-corrected chi connectivity index (χ0v) is 14.6. The van der Waals surface area contributed by atoms with Crippen LogP contribution in [-0.2, 0) is 14.3 Å². The summed E-state index contributed by atoms with van der Waals surface area (Å²) in [6.07, 6.45) is 5.67. The molecule has 1 saturated carbocycles. The number of ether oxygens (including phenoxy) is 2. The highest BCUT2D eigenvalue weighted by Gasteiger charge is 2.35. The van der Waals surface area contributed by atoms with E-state index in [0.29, 0.717) is 24.5 Å². The Morgan fingerprint density at radius 1 is 1.33 bits per heavy atom. The largest absolute Gasteiger partial charge is 0.468 e. The van der Waals surface area contributed by atoms with Crippen molar-refractivity contribution >= 4 is 5.97 Å². The van der Waals surface area contributed by atoms with E-state index in [4.69, 9.17) is 9.47 Å². The number of carbonyl (C=O) groups is 1. The van der Waals surface area contributed by atoms with Gasteiger partial charge in [-0.05, 0) is 58.3 Å². The topological polar surface area (TPSA) is 47.6 Å². The standard InChI is InChI=1S/C17H33NO3/c1-13(2)18-17(5,15(19)20-6)11-12-21-14-7-9-16(3,4)10-8-14/h13-14,18H,7-12H2,1-6H3. The van der Waals surface area contributed by atoms with Crippen molar-refractivity contribution in [3.8, 4) is 0 Å². The van der Waals surface area contributed by atoms with E-state index >= 15 is 0 Å². The Kier molecular flexibility index (Phi) is 6.67. The summed E-state index contributed by atoms with van der Waals surface area (Å²) in [5.74, 6) is -0.218. The third-order valence-electron chi connectivity index (χ3n) is 4.48. The molecule has 1 fully saturated rings. The molecule has 0 saturated heterocycles. The second-order valence-electron chi connectivity index (χ2n) is 7.61. The van der Waals surface area contributed by atoms with E-state index < -0.39 is 5.54 Å². The third kappa shape index (κ3) is 5.95. The molecule has 0 bridgehead atoms. The molecule has 1 aliphatic rings. The lowest BCUT2D eigenvalue weighted by atomic mass is 9.76. The van der Waals surface area contributed by atoms with Crippen LogP contribution in [0.4, 0.5) is 0 Å². The van der Waals surface area contributed by atoms with Gasteiger partial charge in [0.05, 0.1) is 13.2 Å². The van der Waals surface area contributed by atoms with E-state index in [2.05, 4.69) is 19.2 Å². The number of carbonyl (C=O) groups excluding carboxylic acids is 1. The van der Waals surface area contributed by atoms with E-state index in [1.165, 1.54) is 20.0 Å². The van der Waals surface area contributed by atoms with Gasteiger partial charge in [-0.3, -0.25) is 10.1 Å². The summed E-state index contributed by atoms with van der Waals surface area (Å²) in [5.41, 5.74) is -0.212. The van der Waals surface area contributed by atoms with Crippen LogP contribution in [0.1, 0.15) is 66.7 Å². The highest BCUT2D eigenvalue weighted by atomic mass is 16.5. The lowest BCUT2D eigenvalue weighted by molar-refractivity contribution is -0.149. The monoisotopic (exact) mass is 299 g/mol. The van der Waals surface area contributed by atoms with Crippen molar-refractivity contribution in [3.63, 3.8) is 0 Å². The Hall–Kier alpha value is -0.610. The van der Waals surface area contributed by atoms with Gasteiger partial charge in [-0.2, -0.15) is 0 Å². The van der Waals surface area contributed by atoms with Crippen LogP contribution in [0.15, 0.2) is 0 Å². The van der Waals surface area contributed by atoms with E-state index in [-0.39, 0.29) is 12.0 Å². The van der Waals surface area contributed by atoms with Gasteiger partial charge in [0.15, 0.2) is 0 Å². The average molecular weight is 299 g/mol. The molecule has 1 N–H and O–H groups in total. The van der Waals surface area contributed by atoms with Crippen molar-refractivity contribution < 1.29 is 14.3 Å². The molecule has 1 unspecified atom stereocenters. The molecule has 0 radical (unpaired) electrons. The molecule has 1 rings (SSSR count). The first-order valence-electron chi connectivity index (χ1n) is 8.16. The molecule has 4 heteroatoms. The molecule has 1 aliphatic carbocycles. The van der Waals surface area contributed by atoms with Crippen molar-refractivity contribution in [1.82, 2.24) is 5.32 Å². The van der Waals surface area contributed by atoms with Gasteiger partial charge >= 0.3 is 5.97 Å². The number of nitrogens with one attached hydrogen (secondary N) is 1. The van der Waals surface area contributed by atoms with Gasteiger partial charge in [0, 0.05) is 12.6 Å². The fraction of sp³-hybridized carbons (Fsp3) is 0.941. The molecule has 0 aromatic carbocycles. The van der Waals surface area contributed by atoms with E-state index in [9.17, 15) is 4.79 Å². The summed E-state index contributed by atoms with van der Waals surface area (Å²) in [6, 6.07) is 0.226. The number of methoxy groups -OCH3 is 1. The van der Waals surface area contributed by atoms with Crippen LogP contribution >= 0.6 is 0 Å². The average Bonchev–Trinajstić information content (AvgIpc) is 2.39. The minimum absolute atomic E-state index is 0.218. The molecule has 4 nitrogen and oxygen atoms in total. The zero-order valence-electron chi connectivity index (χ0n) is 14.6. The Balaban J connectivity index is 2.42. The molecule has 0 aromatic heterocycles. The predicted molar refractivity (Wildman–Crippen MR) is 85.3 cm³/mol. The van der Waals surface area contributed by atoms with Crippen molar-refractivity contribution in [1.29, 1.82) is 0 Å². The van der Waals surface area contributed by atoms with Crippen molar-refractivity contribution in [3.05, 3.63) is 0 Å². The quantitative estimate of drug-likeness (QED) is 0.733. The van der Waals surface area contributed by atoms with Gasteiger partial charge in [-0.15, -0.1) is 0 Å². The second-order valence-corrected chi connectivity index (χ2v) is 7.61. The molecule has 0 spiro atoms. The molecular formula is C17H33NO3. The van der Waals surface area contributed by atoms with Crippen LogP contribution in [0.3, 0.4) is 0 Å². The highest BCUT2D eigenvalue weighted by Crippen LogP contribution is 2.36. The molecule has 21 heavy (non-hydrogen) atoms. The molecule has 1 atom stereocenters. The normalized spacial score (nSPS) is 22.0. The van der Waals surface area contributed by atoms with Crippen LogP contribution in [-0.4, -0.2) is 37.4 Å². The maximum atomic E-state index is 12.0. The molecule has 0 amide bonds. The summed E-state index contributed by atoms with van der Waals surface area (Å²) >= 11 is 0. The van der Waals surface area contributed by atoms with Gasteiger partial charge < -0.3 is 9.47 Å². The van der Waals surface area contributed by atoms with Gasteiger partial charge in [0.25, 0.3) is 0 Å². The first-order valence-corrected chi connectivity index (χ1v) is 8.16. The smallest absolute Gasteiger partial charge is 0.325 e. The maximum absolute atomic E-state index is 12.0. The first-order chi connectivity index (χ1) is 9.68. The minimum atomic E-state index is -0.670. The molecule has 0 heterocycles. The fourth-order valence-corrected chi connectivity index (χ4v) is 3.06. The Labute approximate surface area is 130 Å². The summed E-state index contributed by atoms with van der Waals surface area (Å²) in [6.45, 7) is 11.2. The van der Waals surface area contributed by atoms with E-state index in [0.717, 1.165) is 12.8 Å². The Morgan fingerprint density at radius 3 is 2.38 bits per heavy atom. The number of rotatable bonds is 7. The maximum Gasteiger partial charge on any atom is 0.325 e. The van der Waals surface area contributed by atoms with E-state index in [1.54, 1.807) is 0 Å². The van der Waals surface area contributed by atoms with Crippen LogP contribution in [0.25, 0.3) is 0 Å². The summed E-state index contributed by atoms with van der Waals surface area (Å²) in [7, 11) is 1.44. The molecular weight excluding hydrogens is 266 g/mol.